The predicted molar refractivity (Wildman–Crippen MR) is 113 cm³/mol. The first-order valence-corrected chi connectivity index (χ1v) is 9.75. The second kappa shape index (κ2) is 8.89. The molecule has 146 valence electrons. The van der Waals surface area contributed by atoms with Crippen LogP contribution in [0, 0.1) is 13.8 Å². The first-order valence-electron chi connectivity index (χ1n) is 9.75. The van der Waals surface area contributed by atoms with Crippen molar-refractivity contribution in [2.24, 2.45) is 0 Å². The number of nitrogens with one attached hydrogen (secondary N) is 1. The highest BCUT2D eigenvalue weighted by molar-refractivity contribution is 5.91. The molecule has 4 nitrogen and oxygen atoms in total. The van der Waals surface area contributed by atoms with Crippen LogP contribution in [0.1, 0.15) is 46.2 Å². The number of carboxylic acids is 1. The molecule has 3 aromatic rings. The van der Waals surface area contributed by atoms with Crippen molar-refractivity contribution in [3.05, 3.63) is 88.7 Å². The first-order chi connectivity index (χ1) is 13.5. The van der Waals surface area contributed by atoms with Gasteiger partial charge >= 0.3 is 5.97 Å². The number of para-hydroxylation sites is 1. The van der Waals surface area contributed by atoms with Gasteiger partial charge in [0.05, 0.1) is 5.56 Å². The van der Waals surface area contributed by atoms with Crippen molar-refractivity contribution in [3.63, 3.8) is 0 Å². The van der Waals surface area contributed by atoms with Crippen LogP contribution in [0.4, 0.5) is 0 Å². The Balaban J connectivity index is 1.77. The normalized spacial score (nSPS) is 12.1. The van der Waals surface area contributed by atoms with Gasteiger partial charge in [-0.15, -0.1) is 0 Å². The largest absolute Gasteiger partial charge is 0.478 e. The van der Waals surface area contributed by atoms with E-state index in [4.69, 9.17) is 0 Å². The quantitative estimate of drug-likeness (QED) is 0.588. The molecule has 1 heterocycles. The minimum Gasteiger partial charge on any atom is -0.478 e. The standard InChI is InChI=1S/C24H28N2O2/c1-17(14-15-20-10-6-4-7-11-20)25-16-22-18(2)26(19(3)23(22)24(27)28)21-12-8-5-9-13-21/h4-13,17,25H,14-16H2,1-3H3,(H,27,28). The minimum atomic E-state index is -0.871. The molecule has 0 amide bonds. The number of carboxylic acid groups (broad SMARTS) is 1. The van der Waals surface area contributed by atoms with Crippen LogP contribution in [-0.4, -0.2) is 21.7 Å². The highest BCUT2D eigenvalue weighted by atomic mass is 16.4. The number of aryl methyl sites for hydroxylation is 1. The van der Waals surface area contributed by atoms with E-state index in [0.29, 0.717) is 18.2 Å². The van der Waals surface area contributed by atoms with E-state index in [1.165, 1.54) is 5.56 Å². The summed E-state index contributed by atoms with van der Waals surface area (Å²) in [6.07, 6.45) is 2.01. The van der Waals surface area contributed by atoms with Gasteiger partial charge in [-0.05, 0) is 51.3 Å². The zero-order valence-corrected chi connectivity index (χ0v) is 16.8. The molecule has 4 heteroatoms. The maximum Gasteiger partial charge on any atom is 0.337 e. The van der Waals surface area contributed by atoms with Crippen molar-refractivity contribution in [3.8, 4) is 5.69 Å². The monoisotopic (exact) mass is 376 g/mol. The summed E-state index contributed by atoms with van der Waals surface area (Å²) in [5, 5.41) is 13.3. The Labute approximate surface area is 166 Å². The van der Waals surface area contributed by atoms with Gasteiger partial charge in [-0.3, -0.25) is 0 Å². The van der Waals surface area contributed by atoms with Crippen molar-refractivity contribution in [2.45, 2.75) is 46.2 Å². The lowest BCUT2D eigenvalue weighted by Crippen LogP contribution is -2.27. The number of hydrogen-bond acceptors (Lipinski definition) is 2. The smallest absolute Gasteiger partial charge is 0.337 e. The Bertz CT molecular complexity index is 930. The summed E-state index contributed by atoms with van der Waals surface area (Å²) in [7, 11) is 0. The van der Waals surface area contributed by atoms with Crippen molar-refractivity contribution in [1.82, 2.24) is 9.88 Å². The molecule has 0 radical (unpaired) electrons. The number of carbonyl (C=O) groups is 1. The van der Waals surface area contributed by atoms with E-state index < -0.39 is 5.97 Å². The van der Waals surface area contributed by atoms with Gasteiger partial charge in [-0.25, -0.2) is 4.79 Å². The maximum absolute atomic E-state index is 12.0. The van der Waals surface area contributed by atoms with Gasteiger partial charge in [-0.1, -0.05) is 48.5 Å². The number of nitrogens with zero attached hydrogens (tertiary/aromatic N) is 1. The third kappa shape index (κ3) is 4.34. The predicted octanol–water partition coefficient (Wildman–Crippen LogP) is 4.90. The fourth-order valence-electron chi connectivity index (χ4n) is 3.77. The highest BCUT2D eigenvalue weighted by Crippen LogP contribution is 2.26. The number of hydrogen-bond donors (Lipinski definition) is 2. The lowest BCUT2D eigenvalue weighted by atomic mass is 10.1. The molecule has 2 aromatic carbocycles. The first kappa shape index (κ1) is 19.9. The molecule has 28 heavy (non-hydrogen) atoms. The number of rotatable bonds is 8. The molecule has 0 saturated heterocycles. The van der Waals surface area contributed by atoms with Crippen LogP contribution in [-0.2, 0) is 13.0 Å². The van der Waals surface area contributed by atoms with Crippen LogP contribution in [0.5, 0.6) is 0 Å². The van der Waals surface area contributed by atoms with Gasteiger partial charge in [0.25, 0.3) is 0 Å². The Morgan fingerprint density at radius 2 is 1.61 bits per heavy atom. The molecule has 0 bridgehead atoms. The van der Waals surface area contributed by atoms with E-state index in [1.807, 2.05) is 54.8 Å². The molecule has 0 aliphatic rings. The lowest BCUT2D eigenvalue weighted by molar-refractivity contribution is 0.0694. The van der Waals surface area contributed by atoms with E-state index in [0.717, 1.165) is 35.5 Å². The molecular formula is C24H28N2O2. The van der Waals surface area contributed by atoms with Gasteiger partial charge in [0.2, 0.25) is 0 Å². The average molecular weight is 377 g/mol. The fourth-order valence-corrected chi connectivity index (χ4v) is 3.77. The van der Waals surface area contributed by atoms with E-state index >= 15 is 0 Å². The molecule has 0 fully saturated rings. The molecule has 2 N–H and O–H groups in total. The zero-order chi connectivity index (χ0) is 20.1. The van der Waals surface area contributed by atoms with Crippen molar-refractivity contribution in [2.75, 3.05) is 0 Å². The van der Waals surface area contributed by atoms with Crippen LogP contribution < -0.4 is 5.32 Å². The number of benzene rings is 2. The summed E-state index contributed by atoms with van der Waals surface area (Å²) < 4.78 is 2.04. The lowest BCUT2D eigenvalue weighted by Gasteiger charge is -2.15. The molecule has 0 saturated carbocycles. The van der Waals surface area contributed by atoms with Crippen molar-refractivity contribution >= 4 is 5.97 Å². The van der Waals surface area contributed by atoms with Crippen LogP contribution in [0.3, 0.4) is 0 Å². The fraction of sp³-hybridized carbons (Fsp3) is 0.292. The third-order valence-electron chi connectivity index (χ3n) is 5.34. The average Bonchev–Trinajstić information content (AvgIpc) is 2.96. The van der Waals surface area contributed by atoms with Crippen LogP contribution in [0.15, 0.2) is 60.7 Å². The molecule has 3 rings (SSSR count). The summed E-state index contributed by atoms with van der Waals surface area (Å²) >= 11 is 0. The SMILES string of the molecule is Cc1c(CNC(C)CCc2ccccc2)c(C(=O)O)c(C)n1-c1ccccc1. The maximum atomic E-state index is 12.0. The van der Waals surface area contributed by atoms with Crippen LogP contribution >= 0.6 is 0 Å². The van der Waals surface area contributed by atoms with E-state index in [1.54, 1.807) is 0 Å². The topological polar surface area (TPSA) is 54.3 Å². The molecule has 0 aliphatic carbocycles. The number of aromatic carboxylic acids is 1. The van der Waals surface area contributed by atoms with E-state index in [-0.39, 0.29) is 0 Å². The van der Waals surface area contributed by atoms with Gasteiger partial charge in [0.1, 0.15) is 0 Å². The van der Waals surface area contributed by atoms with Gasteiger partial charge in [0.15, 0.2) is 0 Å². The highest BCUT2D eigenvalue weighted by Gasteiger charge is 2.23. The molecular weight excluding hydrogens is 348 g/mol. The van der Waals surface area contributed by atoms with Crippen LogP contribution in [0.25, 0.3) is 5.69 Å². The van der Waals surface area contributed by atoms with Gasteiger partial charge < -0.3 is 15.0 Å². The Morgan fingerprint density at radius 3 is 2.21 bits per heavy atom. The second-order valence-corrected chi connectivity index (χ2v) is 7.31. The second-order valence-electron chi connectivity index (χ2n) is 7.31. The Kier molecular flexibility index (Phi) is 6.32. The Hall–Kier alpha value is -2.85. The van der Waals surface area contributed by atoms with Crippen molar-refractivity contribution in [1.29, 1.82) is 0 Å². The third-order valence-corrected chi connectivity index (χ3v) is 5.34. The zero-order valence-electron chi connectivity index (χ0n) is 16.8. The summed E-state index contributed by atoms with van der Waals surface area (Å²) in [4.78, 5) is 12.0. The van der Waals surface area contributed by atoms with Gasteiger partial charge in [-0.2, -0.15) is 0 Å². The van der Waals surface area contributed by atoms with Crippen LogP contribution in [0.2, 0.25) is 0 Å². The molecule has 1 aromatic heterocycles. The summed E-state index contributed by atoms with van der Waals surface area (Å²) in [5.74, 6) is -0.871. The molecule has 0 spiro atoms. The van der Waals surface area contributed by atoms with E-state index in [9.17, 15) is 9.90 Å². The minimum absolute atomic E-state index is 0.293. The summed E-state index contributed by atoms with van der Waals surface area (Å²) in [6.45, 7) is 6.58. The molecule has 1 atom stereocenters. The summed E-state index contributed by atoms with van der Waals surface area (Å²) in [5.41, 5.74) is 5.33. The Morgan fingerprint density at radius 1 is 1.00 bits per heavy atom. The molecule has 0 aliphatic heterocycles. The van der Waals surface area contributed by atoms with Gasteiger partial charge in [0, 0.05) is 35.2 Å². The number of aromatic nitrogens is 1. The van der Waals surface area contributed by atoms with E-state index in [2.05, 4.69) is 36.5 Å². The summed E-state index contributed by atoms with van der Waals surface area (Å²) in [6, 6.07) is 20.6. The molecule has 1 unspecified atom stereocenters. The van der Waals surface area contributed by atoms with Crippen molar-refractivity contribution < 1.29 is 9.90 Å².